The molecule has 0 aromatic carbocycles. The monoisotopic (exact) mass is 229 g/mol. The summed E-state index contributed by atoms with van der Waals surface area (Å²) in [6.07, 6.45) is 0. The molecule has 0 amide bonds. The molecule has 1 unspecified atom stereocenters. The summed E-state index contributed by atoms with van der Waals surface area (Å²) in [6, 6.07) is 3.01. The Balaban J connectivity index is 3.34. The minimum atomic E-state index is -3.24. The highest BCUT2D eigenvalue weighted by atomic mass is 32.2. The third-order valence-corrected chi connectivity index (χ3v) is 3.08. The summed E-state index contributed by atoms with van der Waals surface area (Å²) in [4.78, 5) is 4.29. The normalized spacial score (nSPS) is 16.1. The predicted molar refractivity (Wildman–Crippen MR) is 57.5 cm³/mol. The SMILES string of the molecule is Cc1nc(C(C)(C)O)ccc1S(=N)(N)=O. The van der Waals surface area contributed by atoms with Crippen molar-refractivity contribution in [1.29, 1.82) is 4.78 Å². The summed E-state index contributed by atoms with van der Waals surface area (Å²) in [5.74, 6) is 0. The molecule has 15 heavy (non-hydrogen) atoms. The van der Waals surface area contributed by atoms with E-state index in [9.17, 15) is 9.32 Å². The van der Waals surface area contributed by atoms with Gasteiger partial charge in [-0.25, -0.2) is 14.1 Å². The summed E-state index contributed by atoms with van der Waals surface area (Å²) >= 11 is 0. The molecule has 1 atom stereocenters. The van der Waals surface area contributed by atoms with Crippen molar-refractivity contribution in [2.24, 2.45) is 5.14 Å². The second-order valence-electron chi connectivity index (χ2n) is 3.94. The van der Waals surface area contributed by atoms with Crippen molar-refractivity contribution in [3.63, 3.8) is 0 Å². The van der Waals surface area contributed by atoms with Gasteiger partial charge in [0.25, 0.3) is 0 Å². The Kier molecular flexibility index (Phi) is 2.86. The highest BCUT2D eigenvalue weighted by Crippen LogP contribution is 2.20. The molecule has 0 saturated carbocycles. The Hall–Kier alpha value is -0.980. The summed E-state index contributed by atoms with van der Waals surface area (Å²) < 4.78 is 18.6. The second-order valence-corrected chi connectivity index (χ2v) is 5.58. The van der Waals surface area contributed by atoms with Gasteiger partial charge in [0, 0.05) is 0 Å². The van der Waals surface area contributed by atoms with E-state index in [1.54, 1.807) is 20.8 Å². The fourth-order valence-electron chi connectivity index (χ4n) is 1.21. The summed E-state index contributed by atoms with van der Waals surface area (Å²) in [7, 11) is -3.24. The minimum Gasteiger partial charge on any atom is -0.384 e. The van der Waals surface area contributed by atoms with E-state index >= 15 is 0 Å². The lowest BCUT2D eigenvalue weighted by Gasteiger charge is -2.17. The molecule has 0 fully saturated rings. The van der Waals surface area contributed by atoms with Crippen molar-refractivity contribution in [2.45, 2.75) is 31.3 Å². The van der Waals surface area contributed by atoms with E-state index < -0.39 is 15.5 Å². The number of aryl methyl sites for hydroxylation is 1. The lowest BCUT2D eigenvalue weighted by molar-refractivity contribution is 0.0735. The van der Waals surface area contributed by atoms with Crippen LogP contribution in [0.1, 0.15) is 25.2 Å². The van der Waals surface area contributed by atoms with Gasteiger partial charge >= 0.3 is 0 Å². The Labute approximate surface area is 89.4 Å². The van der Waals surface area contributed by atoms with Crippen molar-refractivity contribution in [2.75, 3.05) is 0 Å². The maximum absolute atomic E-state index is 11.3. The predicted octanol–water partition coefficient (Wildman–Crippen LogP) is 0.897. The van der Waals surface area contributed by atoms with Crippen molar-refractivity contribution in [1.82, 2.24) is 4.98 Å². The zero-order chi connectivity index (χ0) is 11.9. The highest BCUT2D eigenvalue weighted by molar-refractivity contribution is 7.90. The lowest BCUT2D eigenvalue weighted by atomic mass is 10.0. The molecular weight excluding hydrogens is 214 g/mol. The van der Waals surface area contributed by atoms with Crippen LogP contribution in [0.2, 0.25) is 0 Å². The number of nitrogens with one attached hydrogen (secondary N) is 1. The van der Waals surface area contributed by atoms with Gasteiger partial charge in [0.1, 0.15) is 15.5 Å². The van der Waals surface area contributed by atoms with E-state index in [4.69, 9.17) is 9.92 Å². The average molecular weight is 229 g/mol. The second kappa shape index (κ2) is 3.55. The fourth-order valence-corrected chi connectivity index (χ4v) is 1.96. The molecule has 0 aliphatic heterocycles. The van der Waals surface area contributed by atoms with E-state index in [2.05, 4.69) is 4.98 Å². The van der Waals surface area contributed by atoms with Crippen molar-refractivity contribution in [3.8, 4) is 0 Å². The number of aliphatic hydroxyl groups is 1. The molecule has 84 valence electrons. The Morgan fingerprint density at radius 2 is 2.07 bits per heavy atom. The number of hydrogen-bond donors (Lipinski definition) is 3. The molecule has 0 radical (unpaired) electrons. The van der Waals surface area contributed by atoms with Gasteiger partial charge in [0.2, 0.25) is 0 Å². The Morgan fingerprint density at radius 1 is 1.53 bits per heavy atom. The highest BCUT2D eigenvalue weighted by Gasteiger charge is 2.19. The molecule has 1 rings (SSSR count). The van der Waals surface area contributed by atoms with Crippen LogP contribution in [0.25, 0.3) is 0 Å². The van der Waals surface area contributed by atoms with Gasteiger partial charge in [-0.2, -0.15) is 0 Å². The van der Waals surface area contributed by atoms with E-state index in [0.717, 1.165) is 0 Å². The molecule has 0 bridgehead atoms. The molecule has 0 aliphatic carbocycles. The van der Waals surface area contributed by atoms with Crippen LogP contribution < -0.4 is 5.14 Å². The quantitative estimate of drug-likeness (QED) is 0.702. The first-order chi connectivity index (χ1) is 6.62. The standard InChI is InChI=1S/C9H15N3O2S/c1-6-7(15(10,11)14)4-5-8(12-6)9(2,3)13/h4-5,13H,1-3H3,(H3,10,11,14). The van der Waals surface area contributed by atoms with Crippen LogP contribution in [0.15, 0.2) is 17.0 Å². The Bertz CT molecular complexity index is 475. The molecule has 1 heterocycles. The van der Waals surface area contributed by atoms with Crippen LogP contribution in [0.5, 0.6) is 0 Å². The topological polar surface area (TPSA) is 100 Å². The van der Waals surface area contributed by atoms with Crippen molar-refractivity contribution < 1.29 is 9.32 Å². The van der Waals surface area contributed by atoms with Gasteiger partial charge in [0.15, 0.2) is 0 Å². The molecule has 0 saturated heterocycles. The van der Waals surface area contributed by atoms with Gasteiger partial charge in [-0.3, -0.25) is 4.98 Å². The molecule has 1 aromatic heterocycles. The number of aromatic nitrogens is 1. The summed E-state index contributed by atoms with van der Waals surface area (Å²) in [6.45, 7) is 4.83. The number of nitrogens with two attached hydrogens (primary N) is 1. The number of pyridine rings is 1. The third-order valence-electron chi connectivity index (χ3n) is 1.99. The average Bonchev–Trinajstić information content (AvgIpc) is 1.99. The van der Waals surface area contributed by atoms with Crippen molar-refractivity contribution >= 4 is 9.92 Å². The first kappa shape index (κ1) is 12.1. The first-order valence-electron chi connectivity index (χ1n) is 4.39. The van der Waals surface area contributed by atoms with Crippen molar-refractivity contribution in [3.05, 3.63) is 23.5 Å². The third kappa shape index (κ3) is 2.74. The van der Waals surface area contributed by atoms with Crippen LogP contribution in [0.4, 0.5) is 0 Å². The Morgan fingerprint density at radius 3 is 2.40 bits per heavy atom. The molecular formula is C9H15N3O2S. The van der Waals surface area contributed by atoms with Crippen LogP contribution in [0, 0.1) is 11.7 Å². The first-order valence-corrected chi connectivity index (χ1v) is 6.01. The summed E-state index contributed by atoms with van der Waals surface area (Å²) in [5.41, 5.74) is -0.176. The van der Waals surface area contributed by atoms with E-state index in [-0.39, 0.29) is 4.90 Å². The summed E-state index contributed by atoms with van der Waals surface area (Å²) in [5, 5.41) is 14.9. The molecule has 1 aromatic rings. The number of rotatable bonds is 2. The maximum atomic E-state index is 11.3. The van der Waals surface area contributed by atoms with Crippen LogP contribution in [-0.2, 0) is 15.5 Å². The molecule has 4 N–H and O–H groups in total. The van der Waals surface area contributed by atoms with E-state index in [1.165, 1.54) is 12.1 Å². The minimum absolute atomic E-state index is 0.204. The van der Waals surface area contributed by atoms with Gasteiger partial charge < -0.3 is 5.11 Å². The van der Waals surface area contributed by atoms with Crippen LogP contribution in [-0.4, -0.2) is 14.3 Å². The molecule has 5 nitrogen and oxygen atoms in total. The lowest BCUT2D eigenvalue weighted by Crippen LogP contribution is -2.20. The fraction of sp³-hybridized carbons (Fsp3) is 0.444. The molecule has 6 heteroatoms. The van der Waals surface area contributed by atoms with E-state index in [1.807, 2.05) is 0 Å². The molecule has 0 aliphatic rings. The number of hydrogen-bond acceptors (Lipinski definition) is 4. The number of nitrogens with zero attached hydrogens (tertiary/aromatic N) is 1. The zero-order valence-corrected chi connectivity index (χ0v) is 9.76. The van der Waals surface area contributed by atoms with Crippen LogP contribution in [0.3, 0.4) is 0 Å². The van der Waals surface area contributed by atoms with Gasteiger partial charge in [-0.15, -0.1) is 0 Å². The van der Waals surface area contributed by atoms with Gasteiger partial charge in [-0.1, -0.05) is 0 Å². The van der Waals surface area contributed by atoms with Gasteiger partial charge in [-0.05, 0) is 32.9 Å². The molecule has 0 spiro atoms. The maximum Gasteiger partial charge on any atom is 0.133 e. The zero-order valence-electron chi connectivity index (χ0n) is 8.94. The van der Waals surface area contributed by atoms with Crippen LogP contribution >= 0.6 is 0 Å². The largest absolute Gasteiger partial charge is 0.384 e. The smallest absolute Gasteiger partial charge is 0.133 e. The van der Waals surface area contributed by atoms with E-state index in [0.29, 0.717) is 11.4 Å². The van der Waals surface area contributed by atoms with Gasteiger partial charge in [0.05, 0.1) is 16.3 Å².